The lowest BCUT2D eigenvalue weighted by Crippen LogP contribution is -2.23. The third-order valence-corrected chi connectivity index (χ3v) is 6.38. The SMILES string of the molecule is CN(C)c1ccc(S(=O)(=O)N(C)C)cc1NC(=O)Cc1cccc2cccnc12. The van der Waals surface area contributed by atoms with Crippen LogP contribution in [-0.4, -0.2) is 51.8 Å². The van der Waals surface area contributed by atoms with Crippen LogP contribution >= 0.6 is 0 Å². The highest BCUT2D eigenvalue weighted by molar-refractivity contribution is 7.89. The molecule has 2 aromatic carbocycles. The molecule has 0 spiro atoms. The second kappa shape index (κ2) is 8.18. The molecule has 0 saturated heterocycles. The third-order valence-electron chi connectivity index (χ3n) is 4.57. The van der Waals surface area contributed by atoms with Crippen molar-refractivity contribution in [1.29, 1.82) is 0 Å². The molecule has 3 aromatic rings. The number of amides is 1. The summed E-state index contributed by atoms with van der Waals surface area (Å²) in [7, 11) is 3.00. The molecule has 0 aliphatic rings. The highest BCUT2D eigenvalue weighted by Crippen LogP contribution is 2.29. The summed E-state index contributed by atoms with van der Waals surface area (Å²) < 4.78 is 26.1. The second-order valence-corrected chi connectivity index (χ2v) is 9.23. The lowest BCUT2D eigenvalue weighted by molar-refractivity contribution is -0.115. The van der Waals surface area contributed by atoms with Crippen LogP contribution in [0.2, 0.25) is 0 Å². The van der Waals surface area contributed by atoms with Crippen LogP contribution in [-0.2, 0) is 21.2 Å². The number of benzene rings is 2. The van der Waals surface area contributed by atoms with Gasteiger partial charge in [-0.1, -0.05) is 24.3 Å². The van der Waals surface area contributed by atoms with E-state index in [9.17, 15) is 13.2 Å². The number of para-hydroxylation sites is 1. The van der Waals surface area contributed by atoms with Gasteiger partial charge >= 0.3 is 0 Å². The molecule has 0 saturated carbocycles. The maximum atomic E-state index is 12.8. The Bertz CT molecular complexity index is 1150. The minimum Gasteiger partial charge on any atom is -0.376 e. The van der Waals surface area contributed by atoms with E-state index in [-0.39, 0.29) is 17.2 Å². The van der Waals surface area contributed by atoms with Gasteiger partial charge in [0.15, 0.2) is 0 Å². The zero-order valence-electron chi connectivity index (χ0n) is 16.9. The fourth-order valence-electron chi connectivity index (χ4n) is 3.05. The van der Waals surface area contributed by atoms with Crippen molar-refractivity contribution in [3.8, 4) is 0 Å². The molecule has 0 aliphatic heterocycles. The van der Waals surface area contributed by atoms with E-state index in [4.69, 9.17) is 0 Å². The average molecular weight is 413 g/mol. The van der Waals surface area contributed by atoms with Crippen molar-refractivity contribution in [2.45, 2.75) is 11.3 Å². The van der Waals surface area contributed by atoms with E-state index in [1.165, 1.54) is 26.2 Å². The quantitative estimate of drug-likeness (QED) is 0.673. The van der Waals surface area contributed by atoms with Crippen LogP contribution in [0.25, 0.3) is 10.9 Å². The number of nitrogens with zero attached hydrogens (tertiary/aromatic N) is 3. The molecule has 1 amide bonds. The Morgan fingerprint density at radius 2 is 1.76 bits per heavy atom. The number of fused-ring (bicyclic) bond motifs is 1. The molecule has 8 heteroatoms. The first kappa shape index (κ1) is 20.8. The van der Waals surface area contributed by atoms with Gasteiger partial charge in [-0.05, 0) is 29.8 Å². The molecule has 0 atom stereocenters. The summed E-state index contributed by atoms with van der Waals surface area (Å²) in [6.45, 7) is 0. The maximum absolute atomic E-state index is 12.8. The number of nitrogens with one attached hydrogen (secondary N) is 1. The summed E-state index contributed by atoms with van der Waals surface area (Å²) in [4.78, 5) is 19.1. The lowest BCUT2D eigenvalue weighted by atomic mass is 10.1. The van der Waals surface area contributed by atoms with Crippen molar-refractivity contribution in [2.75, 3.05) is 38.4 Å². The van der Waals surface area contributed by atoms with Gasteiger partial charge in [0.1, 0.15) is 0 Å². The number of carbonyl (C=O) groups excluding carboxylic acids is 1. The van der Waals surface area contributed by atoms with Crippen LogP contribution in [0.15, 0.2) is 59.6 Å². The summed E-state index contributed by atoms with van der Waals surface area (Å²) in [6.07, 6.45) is 1.83. The number of anilines is 2. The standard InChI is InChI=1S/C21H24N4O3S/c1-24(2)19-11-10-17(29(27,28)25(3)4)14-18(19)23-20(26)13-16-8-5-7-15-9-6-12-22-21(15)16/h5-12,14H,13H2,1-4H3,(H,23,26). The van der Waals surface area contributed by atoms with Crippen LogP contribution in [0, 0.1) is 0 Å². The Morgan fingerprint density at radius 3 is 2.45 bits per heavy atom. The average Bonchev–Trinajstić information content (AvgIpc) is 2.67. The van der Waals surface area contributed by atoms with Gasteiger partial charge in [-0.25, -0.2) is 12.7 Å². The topological polar surface area (TPSA) is 82.6 Å². The number of carbonyl (C=O) groups is 1. The van der Waals surface area contributed by atoms with E-state index in [0.29, 0.717) is 11.4 Å². The molecule has 0 radical (unpaired) electrons. The molecule has 0 unspecified atom stereocenters. The Kier molecular flexibility index (Phi) is 5.86. The van der Waals surface area contributed by atoms with Gasteiger partial charge in [0.05, 0.1) is 28.2 Å². The van der Waals surface area contributed by atoms with Gasteiger partial charge in [-0.3, -0.25) is 9.78 Å². The van der Waals surface area contributed by atoms with Crippen LogP contribution in [0.5, 0.6) is 0 Å². The third kappa shape index (κ3) is 4.38. The molecule has 0 aliphatic carbocycles. The zero-order chi connectivity index (χ0) is 21.2. The van der Waals surface area contributed by atoms with Crippen molar-refractivity contribution in [1.82, 2.24) is 9.29 Å². The number of hydrogen-bond acceptors (Lipinski definition) is 5. The second-order valence-electron chi connectivity index (χ2n) is 7.08. The minimum atomic E-state index is -3.61. The molecule has 1 N–H and O–H groups in total. The maximum Gasteiger partial charge on any atom is 0.242 e. The van der Waals surface area contributed by atoms with E-state index >= 15 is 0 Å². The van der Waals surface area contributed by atoms with E-state index < -0.39 is 10.0 Å². The summed E-state index contributed by atoms with van der Waals surface area (Å²) in [5.74, 6) is -0.245. The van der Waals surface area contributed by atoms with E-state index in [0.717, 1.165) is 20.8 Å². The molecule has 1 heterocycles. The molecule has 152 valence electrons. The van der Waals surface area contributed by atoms with Gasteiger partial charge in [-0.2, -0.15) is 0 Å². The Morgan fingerprint density at radius 1 is 1.03 bits per heavy atom. The molecule has 7 nitrogen and oxygen atoms in total. The van der Waals surface area contributed by atoms with Crippen molar-refractivity contribution in [2.24, 2.45) is 0 Å². The van der Waals surface area contributed by atoms with E-state index in [1.807, 2.05) is 49.3 Å². The number of rotatable bonds is 6. The molecule has 3 rings (SSSR count). The minimum absolute atomic E-state index is 0.121. The van der Waals surface area contributed by atoms with E-state index in [2.05, 4.69) is 10.3 Å². The van der Waals surface area contributed by atoms with Gasteiger partial charge in [0.2, 0.25) is 15.9 Å². The Labute approximate surface area is 171 Å². The van der Waals surface area contributed by atoms with Gasteiger partial charge in [0, 0.05) is 39.8 Å². The first-order chi connectivity index (χ1) is 13.7. The number of aromatic nitrogens is 1. The molecular weight excluding hydrogens is 388 g/mol. The summed E-state index contributed by atoms with van der Waals surface area (Å²) in [5.41, 5.74) is 2.74. The Balaban J connectivity index is 1.92. The molecule has 0 bridgehead atoms. The smallest absolute Gasteiger partial charge is 0.242 e. The van der Waals surface area contributed by atoms with Crippen molar-refractivity contribution >= 4 is 38.2 Å². The molecule has 29 heavy (non-hydrogen) atoms. The first-order valence-corrected chi connectivity index (χ1v) is 10.5. The van der Waals surface area contributed by atoms with Crippen molar-refractivity contribution < 1.29 is 13.2 Å². The predicted octanol–water partition coefficient (Wildman–Crippen LogP) is 2.73. The number of sulfonamides is 1. The fourth-order valence-corrected chi connectivity index (χ4v) is 3.98. The highest BCUT2D eigenvalue weighted by Gasteiger charge is 2.20. The zero-order valence-corrected chi connectivity index (χ0v) is 17.7. The van der Waals surface area contributed by atoms with Crippen LogP contribution in [0.3, 0.4) is 0 Å². The van der Waals surface area contributed by atoms with Crippen LogP contribution < -0.4 is 10.2 Å². The number of hydrogen-bond donors (Lipinski definition) is 1. The monoisotopic (exact) mass is 412 g/mol. The lowest BCUT2D eigenvalue weighted by Gasteiger charge is -2.20. The van der Waals surface area contributed by atoms with Gasteiger partial charge < -0.3 is 10.2 Å². The predicted molar refractivity (Wildman–Crippen MR) is 116 cm³/mol. The van der Waals surface area contributed by atoms with E-state index in [1.54, 1.807) is 12.3 Å². The molecule has 1 aromatic heterocycles. The number of pyridine rings is 1. The van der Waals surface area contributed by atoms with Crippen molar-refractivity contribution in [3.05, 3.63) is 60.3 Å². The molecular formula is C21H24N4O3S. The van der Waals surface area contributed by atoms with Gasteiger partial charge in [-0.15, -0.1) is 0 Å². The molecule has 0 fully saturated rings. The fraction of sp³-hybridized carbons (Fsp3) is 0.238. The summed E-state index contributed by atoms with van der Waals surface area (Å²) in [5, 5.41) is 3.83. The normalized spacial score (nSPS) is 11.6. The largest absolute Gasteiger partial charge is 0.376 e. The highest BCUT2D eigenvalue weighted by atomic mass is 32.2. The van der Waals surface area contributed by atoms with Crippen LogP contribution in [0.4, 0.5) is 11.4 Å². The summed E-state index contributed by atoms with van der Waals surface area (Å²) in [6, 6.07) is 14.2. The first-order valence-electron chi connectivity index (χ1n) is 9.06. The van der Waals surface area contributed by atoms with Gasteiger partial charge in [0.25, 0.3) is 0 Å². The van der Waals surface area contributed by atoms with Crippen molar-refractivity contribution in [3.63, 3.8) is 0 Å². The Hall–Kier alpha value is -2.97. The van der Waals surface area contributed by atoms with Crippen LogP contribution in [0.1, 0.15) is 5.56 Å². The summed E-state index contributed by atoms with van der Waals surface area (Å²) >= 11 is 0.